The summed E-state index contributed by atoms with van der Waals surface area (Å²) in [6.07, 6.45) is 2.12. The summed E-state index contributed by atoms with van der Waals surface area (Å²) in [7, 11) is 0. The highest BCUT2D eigenvalue weighted by Crippen LogP contribution is 2.30. The largest absolute Gasteiger partial charge is 0.229 e. The number of nitrogens with zero attached hydrogens (tertiary/aromatic N) is 1. The molecule has 0 aliphatic rings. The maximum absolute atomic E-state index is 4.59. The van der Waals surface area contributed by atoms with Crippen molar-refractivity contribution >= 4 is 39.4 Å². The summed E-state index contributed by atoms with van der Waals surface area (Å²) in [6.45, 7) is 2.10. The van der Waals surface area contributed by atoms with Gasteiger partial charge in [0.05, 0.1) is 10.2 Å². The van der Waals surface area contributed by atoms with Gasteiger partial charge in [0.15, 0.2) is 4.34 Å². The summed E-state index contributed by atoms with van der Waals surface area (Å²) in [5.74, 6) is 0. The van der Waals surface area contributed by atoms with E-state index in [1.54, 1.807) is 23.1 Å². The third kappa shape index (κ3) is 3.06. The van der Waals surface area contributed by atoms with E-state index in [2.05, 4.69) is 65.9 Å². The van der Waals surface area contributed by atoms with E-state index in [0.717, 1.165) is 9.86 Å². The molecule has 0 amide bonds. The molecular formula is C16H13NS2. The molecule has 0 atom stereocenters. The molecule has 1 aromatic heterocycles. The van der Waals surface area contributed by atoms with E-state index >= 15 is 0 Å². The number of thioether (sulfide) groups is 1. The number of para-hydroxylation sites is 1. The molecule has 0 saturated carbocycles. The van der Waals surface area contributed by atoms with Crippen LogP contribution in [0.15, 0.2) is 58.3 Å². The van der Waals surface area contributed by atoms with Crippen LogP contribution in [-0.4, -0.2) is 4.98 Å². The first-order chi connectivity index (χ1) is 9.31. The Balaban J connectivity index is 1.73. The lowest BCUT2D eigenvalue weighted by Gasteiger charge is -1.93. The molecule has 0 fully saturated rings. The number of fused-ring (bicyclic) bond motifs is 1. The minimum atomic E-state index is 1.08. The second-order valence-corrected chi connectivity index (χ2v) is 6.46. The van der Waals surface area contributed by atoms with Gasteiger partial charge in [-0.05, 0) is 36.1 Å². The summed E-state index contributed by atoms with van der Waals surface area (Å²) in [4.78, 5) is 4.59. The molecule has 1 nitrogen and oxygen atoms in total. The maximum Gasteiger partial charge on any atom is 0.155 e. The molecule has 0 aliphatic carbocycles. The van der Waals surface area contributed by atoms with Crippen LogP contribution in [0, 0.1) is 6.92 Å². The molecule has 3 rings (SSSR count). The first kappa shape index (κ1) is 12.5. The zero-order valence-electron chi connectivity index (χ0n) is 10.5. The number of benzene rings is 2. The highest BCUT2D eigenvalue weighted by atomic mass is 32.2. The van der Waals surface area contributed by atoms with Gasteiger partial charge in [0.1, 0.15) is 0 Å². The van der Waals surface area contributed by atoms with E-state index in [9.17, 15) is 0 Å². The van der Waals surface area contributed by atoms with Crippen molar-refractivity contribution in [2.75, 3.05) is 0 Å². The van der Waals surface area contributed by atoms with E-state index in [0.29, 0.717) is 0 Å². The molecule has 0 N–H and O–H groups in total. The van der Waals surface area contributed by atoms with Crippen molar-refractivity contribution in [3.05, 3.63) is 65.1 Å². The van der Waals surface area contributed by atoms with Crippen molar-refractivity contribution < 1.29 is 0 Å². The Morgan fingerprint density at radius 1 is 1.05 bits per heavy atom. The van der Waals surface area contributed by atoms with Crippen LogP contribution in [-0.2, 0) is 0 Å². The summed E-state index contributed by atoms with van der Waals surface area (Å²) in [6, 6.07) is 16.8. The lowest BCUT2D eigenvalue weighted by Crippen LogP contribution is -1.72. The Hall–Kier alpha value is -1.58. The molecule has 0 saturated heterocycles. The van der Waals surface area contributed by atoms with Gasteiger partial charge in [0.25, 0.3) is 0 Å². The Kier molecular flexibility index (Phi) is 3.67. The van der Waals surface area contributed by atoms with E-state index in [1.165, 1.54) is 15.8 Å². The van der Waals surface area contributed by atoms with Crippen LogP contribution in [0.2, 0.25) is 0 Å². The number of hydrogen-bond donors (Lipinski definition) is 0. The minimum Gasteiger partial charge on any atom is -0.229 e. The molecule has 0 aliphatic heterocycles. The molecule has 3 aromatic rings. The van der Waals surface area contributed by atoms with Crippen molar-refractivity contribution in [2.24, 2.45) is 0 Å². The number of hydrogen-bond acceptors (Lipinski definition) is 3. The van der Waals surface area contributed by atoms with Crippen LogP contribution in [0.5, 0.6) is 0 Å². The normalized spacial score (nSPS) is 11.4. The van der Waals surface area contributed by atoms with Crippen molar-refractivity contribution in [1.29, 1.82) is 0 Å². The summed E-state index contributed by atoms with van der Waals surface area (Å²) < 4.78 is 2.33. The number of aryl methyl sites for hydroxylation is 1. The third-order valence-corrected chi connectivity index (χ3v) is 4.72. The van der Waals surface area contributed by atoms with Crippen LogP contribution >= 0.6 is 23.1 Å². The van der Waals surface area contributed by atoms with Crippen molar-refractivity contribution in [1.82, 2.24) is 4.98 Å². The molecular weight excluding hydrogens is 270 g/mol. The summed E-state index contributed by atoms with van der Waals surface area (Å²) in [5.41, 5.74) is 3.59. The Bertz CT molecular complexity index is 678. The molecule has 19 heavy (non-hydrogen) atoms. The highest BCUT2D eigenvalue weighted by molar-refractivity contribution is 8.04. The molecule has 94 valence electrons. The van der Waals surface area contributed by atoms with E-state index in [1.807, 2.05) is 6.07 Å². The fourth-order valence-electron chi connectivity index (χ4n) is 1.75. The first-order valence-electron chi connectivity index (χ1n) is 6.07. The molecule has 0 bridgehead atoms. The zero-order chi connectivity index (χ0) is 13.1. The van der Waals surface area contributed by atoms with E-state index < -0.39 is 0 Å². The Morgan fingerprint density at radius 3 is 2.63 bits per heavy atom. The van der Waals surface area contributed by atoms with Crippen LogP contribution in [0.25, 0.3) is 16.3 Å². The molecule has 2 aromatic carbocycles. The highest BCUT2D eigenvalue weighted by Gasteiger charge is 2.01. The van der Waals surface area contributed by atoms with Gasteiger partial charge in [0, 0.05) is 0 Å². The predicted octanol–water partition coefficient (Wildman–Crippen LogP) is 5.37. The van der Waals surface area contributed by atoms with Crippen molar-refractivity contribution in [3.63, 3.8) is 0 Å². The van der Waals surface area contributed by atoms with E-state index in [4.69, 9.17) is 0 Å². The zero-order valence-corrected chi connectivity index (χ0v) is 12.2. The van der Waals surface area contributed by atoms with Crippen LogP contribution in [0.1, 0.15) is 11.1 Å². The van der Waals surface area contributed by atoms with Crippen LogP contribution in [0.4, 0.5) is 0 Å². The molecule has 0 radical (unpaired) electrons. The average molecular weight is 283 g/mol. The Morgan fingerprint density at radius 2 is 1.84 bits per heavy atom. The SMILES string of the molecule is Cc1ccc(C=CSc2nc3ccccc3s2)cc1. The van der Waals surface area contributed by atoms with Gasteiger partial charge in [0.2, 0.25) is 0 Å². The molecule has 3 heteroatoms. The lowest BCUT2D eigenvalue weighted by atomic mass is 10.2. The van der Waals surface area contributed by atoms with Crippen LogP contribution < -0.4 is 0 Å². The first-order valence-corrected chi connectivity index (χ1v) is 7.76. The smallest absolute Gasteiger partial charge is 0.155 e. The van der Waals surface area contributed by atoms with Gasteiger partial charge in [-0.3, -0.25) is 0 Å². The Labute approximate surface area is 121 Å². The van der Waals surface area contributed by atoms with Crippen molar-refractivity contribution in [2.45, 2.75) is 11.3 Å². The fraction of sp³-hybridized carbons (Fsp3) is 0.0625. The van der Waals surface area contributed by atoms with Gasteiger partial charge in [-0.25, -0.2) is 4.98 Å². The third-order valence-electron chi connectivity index (χ3n) is 2.78. The van der Waals surface area contributed by atoms with Gasteiger partial charge in [-0.2, -0.15) is 0 Å². The summed E-state index contributed by atoms with van der Waals surface area (Å²) >= 11 is 3.41. The van der Waals surface area contributed by atoms with Gasteiger partial charge >= 0.3 is 0 Å². The fourth-order valence-corrected chi connectivity index (χ4v) is 3.57. The quantitative estimate of drug-likeness (QED) is 0.599. The van der Waals surface area contributed by atoms with Gasteiger partial charge < -0.3 is 0 Å². The second-order valence-electron chi connectivity index (χ2n) is 4.28. The minimum absolute atomic E-state index is 1.08. The van der Waals surface area contributed by atoms with Crippen molar-refractivity contribution in [3.8, 4) is 0 Å². The summed E-state index contributed by atoms with van der Waals surface area (Å²) in [5, 5.41) is 2.10. The van der Waals surface area contributed by atoms with Gasteiger partial charge in [-0.1, -0.05) is 53.7 Å². The maximum atomic E-state index is 4.59. The molecule has 1 heterocycles. The predicted molar refractivity (Wildman–Crippen MR) is 85.7 cm³/mol. The standard InChI is InChI=1S/C16H13NS2/c1-12-6-8-13(9-7-12)10-11-18-16-17-14-4-2-3-5-15(14)19-16/h2-11H,1H3. The topological polar surface area (TPSA) is 12.9 Å². The molecule has 0 unspecified atom stereocenters. The molecule has 0 spiro atoms. The van der Waals surface area contributed by atoms with E-state index in [-0.39, 0.29) is 0 Å². The number of rotatable bonds is 3. The second kappa shape index (κ2) is 5.59. The van der Waals surface area contributed by atoms with Gasteiger partial charge in [-0.15, -0.1) is 11.3 Å². The lowest BCUT2D eigenvalue weighted by molar-refractivity contribution is 1.31. The monoisotopic (exact) mass is 283 g/mol. The average Bonchev–Trinajstić information content (AvgIpc) is 2.83. The number of thiazole rings is 1. The van der Waals surface area contributed by atoms with Crippen LogP contribution in [0.3, 0.4) is 0 Å². The number of aromatic nitrogens is 1.